The number of carbonyl (C=O) groups is 1. The van der Waals surface area contributed by atoms with Gasteiger partial charge in [-0.2, -0.15) is 0 Å². The minimum absolute atomic E-state index is 0.0155. The second kappa shape index (κ2) is 7.48. The van der Waals surface area contributed by atoms with Crippen LogP contribution >= 0.6 is 11.6 Å². The Morgan fingerprint density at radius 1 is 1.39 bits per heavy atom. The molecule has 0 aliphatic carbocycles. The molecule has 2 atom stereocenters. The van der Waals surface area contributed by atoms with Gasteiger partial charge in [-0.25, -0.2) is 9.48 Å². The lowest BCUT2D eigenvalue weighted by atomic mass is 10.1. The minimum Gasteiger partial charge on any atom is -0.396 e. The normalized spacial score (nSPS) is 13.4. The predicted octanol–water partition coefficient (Wildman–Crippen LogP) is 2.97. The number of hydrogen-bond donors (Lipinski definition) is 3. The number of aliphatic hydroxyl groups is 1. The molecule has 1 aromatic carbocycles. The number of amides is 2. The third-order valence-corrected chi connectivity index (χ3v) is 4.05. The van der Waals surface area contributed by atoms with Crippen molar-refractivity contribution >= 4 is 23.4 Å². The molecule has 1 aromatic heterocycles. The van der Waals surface area contributed by atoms with Crippen molar-refractivity contribution in [3.05, 3.63) is 41.0 Å². The highest BCUT2D eigenvalue weighted by Crippen LogP contribution is 2.22. The zero-order valence-electron chi connectivity index (χ0n) is 13.4. The fraction of sp³-hybridized carbons (Fsp3) is 0.375. The van der Waals surface area contributed by atoms with Crippen LogP contribution in [0.2, 0.25) is 5.02 Å². The number of benzene rings is 1. The second-order valence-electron chi connectivity index (χ2n) is 5.60. The van der Waals surface area contributed by atoms with E-state index in [0.29, 0.717) is 10.8 Å². The average Bonchev–Trinajstić information content (AvgIpc) is 2.87. The number of para-hydroxylation sites is 1. The van der Waals surface area contributed by atoms with Crippen molar-refractivity contribution in [3.8, 4) is 5.69 Å². The highest BCUT2D eigenvalue weighted by atomic mass is 35.5. The Hall–Kier alpha value is -2.05. The first-order valence-corrected chi connectivity index (χ1v) is 7.79. The highest BCUT2D eigenvalue weighted by Gasteiger charge is 2.16. The predicted molar refractivity (Wildman–Crippen MR) is 91.2 cm³/mol. The van der Waals surface area contributed by atoms with E-state index in [1.807, 2.05) is 39.0 Å². The van der Waals surface area contributed by atoms with Crippen molar-refractivity contribution in [1.82, 2.24) is 15.1 Å². The van der Waals surface area contributed by atoms with Crippen LogP contribution in [0.4, 0.5) is 10.6 Å². The van der Waals surface area contributed by atoms with Gasteiger partial charge in [0, 0.05) is 24.4 Å². The minimum atomic E-state index is -0.356. The average molecular weight is 337 g/mol. The molecule has 0 saturated carbocycles. The van der Waals surface area contributed by atoms with Gasteiger partial charge in [0.15, 0.2) is 5.82 Å². The monoisotopic (exact) mass is 336 g/mol. The van der Waals surface area contributed by atoms with Crippen LogP contribution in [-0.4, -0.2) is 33.6 Å². The van der Waals surface area contributed by atoms with E-state index in [4.69, 9.17) is 16.7 Å². The number of aliphatic hydroxyl groups excluding tert-OH is 1. The van der Waals surface area contributed by atoms with Gasteiger partial charge in [0.05, 0.1) is 10.7 Å². The summed E-state index contributed by atoms with van der Waals surface area (Å²) in [5, 5.41) is 19.6. The summed E-state index contributed by atoms with van der Waals surface area (Å²) in [6.07, 6.45) is 1.80. The number of rotatable bonds is 5. The molecule has 0 fully saturated rings. The first-order chi connectivity index (χ1) is 10.9. The van der Waals surface area contributed by atoms with Crippen molar-refractivity contribution < 1.29 is 9.90 Å². The highest BCUT2D eigenvalue weighted by molar-refractivity contribution is 6.32. The summed E-state index contributed by atoms with van der Waals surface area (Å²) in [4.78, 5) is 12.0. The summed E-state index contributed by atoms with van der Waals surface area (Å²) in [6.45, 7) is 5.58. The molecule has 2 rings (SSSR count). The van der Waals surface area contributed by atoms with E-state index >= 15 is 0 Å². The zero-order valence-corrected chi connectivity index (χ0v) is 14.1. The van der Waals surface area contributed by atoms with Crippen LogP contribution in [0.15, 0.2) is 30.5 Å². The summed E-state index contributed by atoms with van der Waals surface area (Å²) >= 11 is 6.16. The molecule has 0 aliphatic rings. The Balaban J connectivity index is 2.10. The van der Waals surface area contributed by atoms with Gasteiger partial charge in [-0.1, -0.05) is 30.7 Å². The van der Waals surface area contributed by atoms with E-state index in [-0.39, 0.29) is 24.6 Å². The molecule has 0 saturated heterocycles. The van der Waals surface area contributed by atoms with Crippen LogP contribution in [0.3, 0.4) is 0 Å². The maximum absolute atomic E-state index is 12.0. The van der Waals surface area contributed by atoms with Gasteiger partial charge in [0.1, 0.15) is 0 Å². The Bertz CT molecular complexity index is 686. The lowest BCUT2D eigenvalue weighted by molar-refractivity contribution is 0.204. The molecule has 2 amide bonds. The number of aryl methyl sites for hydroxylation is 1. The maximum Gasteiger partial charge on any atom is 0.320 e. The molecular weight excluding hydrogens is 316 g/mol. The number of aromatic nitrogens is 2. The van der Waals surface area contributed by atoms with Gasteiger partial charge in [-0.3, -0.25) is 5.32 Å². The zero-order chi connectivity index (χ0) is 17.0. The maximum atomic E-state index is 12.0. The van der Waals surface area contributed by atoms with Gasteiger partial charge in [0.25, 0.3) is 0 Å². The van der Waals surface area contributed by atoms with Gasteiger partial charge < -0.3 is 10.4 Å². The van der Waals surface area contributed by atoms with Gasteiger partial charge in [0.2, 0.25) is 0 Å². The molecule has 0 bridgehead atoms. The first-order valence-electron chi connectivity index (χ1n) is 7.42. The number of hydrogen-bond acceptors (Lipinski definition) is 3. The Morgan fingerprint density at radius 3 is 2.74 bits per heavy atom. The van der Waals surface area contributed by atoms with Gasteiger partial charge >= 0.3 is 6.03 Å². The molecule has 1 heterocycles. The summed E-state index contributed by atoms with van der Waals surface area (Å²) in [5.74, 6) is 0.439. The topological polar surface area (TPSA) is 79.2 Å². The van der Waals surface area contributed by atoms with Crippen LogP contribution in [0.1, 0.15) is 19.4 Å². The quantitative estimate of drug-likeness (QED) is 0.785. The molecule has 0 spiro atoms. The van der Waals surface area contributed by atoms with E-state index in [1.165, 1.54) is 0 Å². The van der Waals surface area contributed by atoms with Crippen molar-refractivity contribution in [3.63, 3.8) is 0 Å². The van der Waals surface area contributed by atoms with Crippen molar-refractivity contribution in [2.24, 2.45) is 5.92 Å². The molecule has 2 aromatic rings. The molecule has 0 radical (unpaired) electrons. The largest absolute Gasteiger partial charge is 0.396 e. The van der Waals surface area contributed by atoms with Crippen LogP contribution in [0.5, 0.6) is 0 Å². The van der Waals surface area contributed by atoms with E-state index in [0.717, 1.165) is 11.3 Å². The van der Waals surface area contributed by atoms with Crippen LogP contribution in [0.25, 0.3) is 5.69 Å². The van der Waals surface area contributed by atoms with E-state index in [9.17, 15) is 4.79 Å². The molecule has 6 nitrogen and oxygen atoms in total. The third-order valence-electron chi connectivity index (χ3n) is 3.73. The smallest absolute Gasteiger partial charge is 0.320 e. The SMILES string of the molecule is Cc1cn(-c2ccccc2Cl)nc1NC(=O)NC(C)C(C)CO. The molecular formula is C16H21ClN4O2. The van der Waals surface area contributed by atoms with E-state index < -0.39 is 0 Å². The Labute approximate surface area is 140 Å². The lowest BCUT2D eigenvalue weighted by Crippen LogP contribution is -2.41. The molecule has 23 heavy (non-hydrogen) atoms. The number of nitrogens with one attached hydrogen (secondary N) is 2. The third kappa shape index (κ3) is 4.24. The number of nitrogens with zero attached hydrogens (tertiary/aromatic N) is 2. The summed E-state index contributed by atoms with van der Waals surface area (Å²) < 4.78 is 1.63. The van der Waals surface area contributed by atoms with Crippen LogP contribution in [0, 0.1) is 12.8 Å². The van der Waals surface area contributed by atoms with Crippen molar-refractivity contribution in [2.45, 2.75) is 26.8 Å². The fourth-order valence-electron chi connectivity index (χ4n) is 2.00. The van der Waals surface area contributed by atoms with Crippen LogP contribution in [-0.2, 0) is 0 Å². The summed E-state index contributed by atoms with van der Waals surface area (Å²) in [5.41, 5.74) is 1.57. The van der Waals surface area contributed by atoms with Crippen molar-refractivity contribution in [1.29, 1.82) is 0 Å². The number of halogens is 1. The number of urea groups is 1. The Morgan fingerprint density at radius 2 is 2.09 bits per heavy atom. The second-order valence-corrected chi connectivity index (χ2v) is 6.01. The van der Waals surface area contributed by atoms with Gasteiger partial charge in [-0.15, -0.1) is 5.10 Å². The van der Waals surface area contributed by atoms with Gasteiger partial charge in [-0.05, 0) is 31.9 Å². The molecule has 0 aliphatic heterocycles. The lowest BCUT2D eigenvalue weighted by Gasteiger charge is -2.19. The molecule has 124 valence electrons. The molecule has 2 unspecified atom stereocenters. The molecule has 7 heteroatoms. The van der Waals surface area contributed by atoms with E-state index in [2.05, 4.69) is 15.7 Å². The Kier molecular flexibility index (Phi) is 5.63. The van der Waals surface area contributed by atoms with Crippen molar-refractivity contribution in [2.75, 3.05) is 11.9 Å². The standard InChI is InChI=1S/C16H21ClN4O2/c1-10-8-21(14-7-5-4-6-13(14)17)20-15(10)19-16(23)18-12(3)11(2)9-22/h4-8,11-12,22H,9H2,1-3H3,(H2,18,19,20,23). The number of carbonyl (C=O) groups excluding carboxylic acids is 1. The first kappa shape index (κ1) is 17.3. The molecule has 3 N–H and O–H groups in total. The summed E-state index contributed by atoms with van der Waals surface area (Å²) in [6, 6.07) is 6.85. The van der Waals surface area contributed by atoms with Crippen LogP contribution < -0.4 is 10.6 Å². The number of anilines is 1. The fourth-order valence-corrected chi connectivity index (χ4v) is 2.22. The van der Waals surface area contributed by atoms with E-state index in [1.54, 1.807) is 16.9 Å². The summed E-state index contributed by atoms with van der Waals surface area (Å²) in [7, 11) is 0.